The van der Waals surface area contributed by atoms with Crippen molar-refractivity contribution >= 4 is 11.9 Å². The van der Waals surface area contributed by atoms with E-state index in [4.69, 9.17) is 0 Å². The number of carboxylic acids is 1. The Balaban J connectivity index is 1.84. The number of rotatable bonds is 7. The second-order valence-corrected chi connectivity index (χ2v) is 7.06. The zero-order valence-electron chi connectivity index (χ0n) is 16.7. The van der Waals surface area contributed by atoms with Gasteiger partial charge >= 0.3 is 5.97 Å². The zero-order valence-corrected chi connectivity index (χ0v) is 16.7. The van der Waals surface area contributed by atoms with E-state index >= 15 is 0 Å². The fourth-order valence-electron chi connectivity index (χ4n) is 3.40. The van der Waals surface area contributed by atoms with Gasteiger partial charge in [0, 0.05) is 6.54 Å². The first-order chi connectivity index (χ1) is 13.9. The lowest BCUT2D eigenvalue weighted by atomic mass is 9.78. The molecule has 0 saturated carbocycles. The van der Waals surface area contributed by atoms with Crippen LogP contribution in [0.3, 0.4) is 0 Å². The Morgan fingerprint density at radius 2 is 1.83 bits per heavy atom. The average molecular weight is 392 g/mol. The van der Waals surface area contributed by atoms with Crippen molar-refractivity contribution < 1.29 is 14.7 Å². The highest BCUT2D eigenvalue weighted by Crippen LogP contribution is 2.28. The summed E-state index contributed by atoms with van der Waals surface area (Å²) < 4.78 is 1.60. The number of hydrogen-bond acceptors (Lipinski definition) is 4. The molecule has 1 amide bonds. The Labute approximate surface area is 169 Å². The molecule has 150 valence electrons. The van der Waals surface area contributed by atoms with Crippen LogP contribution in [0.2, 0.25) is 0 Å². The van der Waals surface area contributed by atoms with E-state index in [2.05, 4.69) is 15.6 Å². The number of aromatic nitrogens is 3. The lowest BCUT2D eigenvalue weighted by Gasteiger charge is -2.28. The van der Waals surface area contributed by atoms with Gasteiger partial charge in [0.25, 0.3) is 5.91 Å². The molecule has 1 aromatic heterocycles. The quantitative estimate of drug-likeness (QED) is 0.644. The zero-order chi connectivity index (χ0) is 21.0. The molecule has 29 heavy (non-hydrogen) atoms. The summed E-state index contributed by atoms with van der Waals surface area (Å²) in [4.78, 5) is 24.9. The fraction of sp³-hybridized carbons (Fsp3) is 0.273. The van der Waals surface area contributed by atoms with Gasteiger partial charge in [-0.15, -0.1) is 5.10 Å². The highest BCUT2D eigenvalue weighted by Gasteiger charge is 2.39. The van der Waals surface area contributed by atoms with Crippen LogP contribution in [0.15, 0.2) is 54.6 Å². The van der Waals surface area contributed by atoms with E-state index in [0.717, 1.165) is 11.3 Å². The molecular formula is C22H24N4O3. The van der Waals surface area contributed by atoms with Gasteiger partial charge < -0.3 is 10.4 Å². The largest absolute Gasteiger partial charge is 0.481 e. The first-order valence-corrected chi connectivity index (χ1v) is 9.45. The van der Waals surface area contributed by atoms with E-state index in [-0.39, 0.29) is 12.2 Å². The molecule has 0 aliphatic carbocycles. The van der Waals surface area contributed by atoms with Crippen LogP contribution in [0.25, 0.3) is 5.69 Å². The van der Waals surface area contributed by atoms with E-state index in [9.17, 15) is 14.7 Å². The van der Waals surface area contributed by atoms with Crippen molar-refractivity contribution in [3.8, 4) is 5.69 Å². The third-order valence-corrected chi connectivity index (χ3v) is 5.25. The summed E-state index contributed by atoms with van der Waals surface area (Å²) in [6.45, 7) is 5.49. The molecule has 0 radical (unpaired) electrons. The normalized spacial score (nSPS) is 12.9. The van der Waals surface area contributed by atoms with Crippen molar-refractivity contribution in [1.29, 1.82) is 0 Å². The van der Waals surface area contributed by atoms with E-state index in [1.807, 2.05) is 37.3 Å². The van der Waals surface area contributed by atoms with Gasteiger partial charge in [-0.3, -0.25) is 9.59 Å². The molecule has 0 aliphatic heterocycles. The standard InChI is InChI=1S/C22H24N4O3/c1-4-22(21(28)29,17-10-6-5-7-11-17)14-23-20(27)19-16(3)26(25-24-19)18-12-8-9-15(2)13-18/h5-13H,4,14H2,1-3H3,(H,23,27)(H,28,29). The Kier molecular flexibility index (Phi) is 5.77. The Morgan fingerprint density at radius 1 is 1.10 bits per heavy atom. The van der Waals surface area contributed by atoms with Gasteiger partial charge in [-0.2, -0.15) is 0 Å². The second kappa shape index (κ2) is 8.26. The minimum Gasteiger partial charge on any atom is -0.481 e. The number of benzene rings is 2. The summed E-state index contributed by atoms with van der Waals surface area (Å²) in [6.07, 6.45) is 0.335. The number of carbonyl (C=O) groups excluding carboxylic acids is 1. The predicted octanol–water partition coefficient (Wildman–Crippen LogP) is 3.05. The van der Waals surface area contributed by atoms with Gasteiger partial charge in [0.05, 0.1) is 11.4 Å². The highest BCUT2D eigenvalue weighted by molar-refractivity contribution is 5.94. The monoisotopic (exact) mass is 392 g/mol. The van der Waals surface area contributed by atoms with Gasteiger partial charge in [-0.05, 0) is 43.5 Å². The van der Waals surface area contributed by atoms with Gasteiger partial charge in [0.1, 0.15) is 5.41 Å². The fourth-order valence-corrected chi connectivity index (χ4v) is 3.40. The van der Waals surface area contributed by atoms with Crippen molar-refractivity contribution in [2.24, 2.45) is 0 Å². The minimum absolute atomic E-state index is 0.0432. The van der Waals surface area contributed by atoms with Crippen LogP contribution in [0, 0.1) is 13.8 Å². The molecule has 0 fully saturated rings. The first-order valence-electron chi connectivity index (χ1n) is 9.45. The number of hydrogen-bond donors (Lipinski definition) is 2. The van der Waals surface area contributed by atoms with E-state index < -0.39 is 17.3 Å². The highest BCUT2D eigenvalue weighted by atomic mass is 16.4. The predicted molar refractivity (Wildman–Crippen MR) is 109 cm³/mol. The summed E-state index contributed by atoms with van der Waals surface area (Å²) in [6, 6.07) is 16.7. The smallest absolute Gasteiger partial charge is 0.315 e. The van der Waals surface area contributed by atoms with Crippen molar-refractivity contribution in [3.63, 3.8) is 0 Å². The van der Waals surface area contributed by atoms with Gasteiger partial charge in [-0.1, -0.05) is 54.6 Å². The van der Waals surface area contributed by atoms with Crippen LogP contribution >= 0.6 is 0 Å². The molecule has 2 N–H and O–H groups in total. The van der Waals surface area contributed by atoms with Crippen molar-refractivity contribution in [2.75, 3.05) is 6.54 Å². The third-order valence-electron chi connectivity index (χ3n) is 5.25. The number of nitrogens with zero attached hydrogens (tertiary/aromatic N) is 3. The van der Waals surface area contributed by atoms with Crippen LogP contribution < -0.4 is 5.32 Å². The Hall–Kier alpha value is -3.48. The summed E-state index contributed by atoms with van der Waals surface area (Å²) >= 11 is 0. The molecular weight excluding hydrogens is 368 g/mol. The lowest BCUT2D eigenvalue weighted by molar-refractivity contribution is -0.143. The van der Waals surface area contributed by atoms with E-state index in [0.29, 0.717) is 17.7 Å². The van der Waals surface area contributed by atoms with Crippen LogP contribution in [-0.2, 0) is 10.2 Å². The molecule has 1 unspecified atom stereocenters. The summed E-state index contributed by atoms with van der Waals surface area (Å²) in [5.41, 5.74) is 2.08. The topological polar surface area (TPSA) is 97.1 Å². The number of amides is 1. The molecule has 1 atom stereocenters. The molecule has 7 heteroatoms. The molecule has 0 saturated heterocycles. The van der Waals surface area contributed by atoms with Crippen molar-refractivity contribution in [1.82, 2.24) is 20.3 Å². The lowest BCUT2D eigenvalue weighted by Crippen LogP contribution is -2.46. The number of carboxylic acid groups (broad SMARTS) is 1. The SMILES string of the molecule is CCC(CNC(=O)c1nnn(-c2cccc(C)c2)c1C)(C(=O)O)c1ccccc1. The van der Waals surface area contributed by atoms with Crippen LogP contribution in [0.5, 0.6) is 0 Å². The maximum absolute atomic E-state index is 12.8. The van der Waals surface area contributed by atoms with E-state index in [1.54, 1.807) is 42.8 Å². The van der Waals surface area contributed by atoms with Crippen LogP contribution in [0.1, 0.15) is 40.7 Å². The molecule has 3 aromatic rings. The number of aliphatic carboxylic acids is 1. The van der Waals surface area contributed by atoms with Crippen LogP contribution in [-0.4, -0.2) is 38.5 Å². The summed E-state index contributed by atoms with van der Waals surface area (Å²) in [5, 5.41) is 20.8. The molecule has 0 aliphatic rings. The molecule has 0 spiro atoms. The molecule has 3 rings (SSSR count). The van der Waals surface area contributed by atoms with Gasteiger partial charge in [0.2, 0.25) is 0 Å². The van der Waals surface area contributed by atoms with E-state index in [1.165, 1.54) is 0 Å². The Morgan fingerprint density at radius 3 is 2.45 bits per heavy atom. The van der Waals surface area contributed by atoms with Gasteiger partial charge in [0.15, 0.2) is 5.69 Å². The summed E-state index contributed by atoms with van der Waals surface area (Å²) in [7, 11) is 0. The maximum Gasteiger partial charge on any atom is 0.315 e. The number of carbonyl (C=O) groups is 2. The molecule has 2 aromatic carbocycles. The minimum atomic E-state index is -1.21. The molecule has 0 bridgehead atoms. The van der Waals surface area contributed by atoms with Crippen molar-refractivity contribution in [3.05, 3.63) is 77.1 Å². The second-order valence-electron chi connectivity index (χ2n) is 7.06. The average Bonchev–Trinajstić information content (AvgIpc) is 3.10. The third kappa shape index (κ3) is 3.89. The van der Waals surface area contributed by atoms with Gasteiger partial charge in [-0.25, -0.2) is 4.68 Å². The first kappa shape index (κ1) is 20.3. The maximum atomic E-state index is 12.8. The number of nitrogens with one attached hydrogen (secondary N) is 1. The Bertz CT molecular complexity index is 1030. The number of aryl methyl sites for hydroxylation is 1. The summed E-state index contributed by atoms with van der Waals surface area (Å²) in [5.74, 6) is -1.43. The molecule has 1 heterocycles. The van der Waals surface area contributed by atoms with Crippen molar-refractivity contribution in [2.45, 2.75) is 32.6 Å². The molecule has 7 nitrogen and oxygen atoms in total. The van der Waals surface area contributed by atoms with Crippen LogP contribution in [0.4, 0.5) is 0 Å².